The lowest BCUT2D eigenvalue weighted by Gasteiger charge is -2.24. The summed E-state index contributed by atoms with van der Waals surface area (Å²) in [4.78, 5) is 51.5. The molecule has 2 heterocycles. The van der Waals surface area contributed by atoms with Gasteiger partial charge in [-0.25, -0.2) is 4.79 Å². The number of amides is 5. The third-order valence-electron chi connectivity index (χ3n) is 5.02. The summed E-state index contributed by atoms with van der Waals surface area (Å²) in [6.45, 7) is 1.23. The van der Waals surface area contributed by atoms with Crippen LogP contribution in [0.4, 0.5) is 10.7 Å². The number of hydrogen-bond donors (Lipinski definition) is 4. The van der Waals surface area contributed by atoms with E-state index in [1.807, 2.05) is 0 Å². The number of nitrogens with one attached hydrogen (secondary N) is 4. The van der Waals surface area contributed by atoms with Gasteiger partial charge in [0.1, 0.15) is 18.3 Å². The lowest BCUT2D eigenvalue weighted by Crippen LogP contribution is -2.53. The van der Waals surface area contributed by atoms with Crippen LogP contribution in [0.25, 0.3) is 0 Å². The fourth-order valence-electron chi connectivity index (χ4n) is 3.32. The molecule has 1 aromatic carbocycles. The van der Waals surface area contributed by atoms with Crippen molar-refractivity contribution < 1.29 is 23.9 Å². The van der Waals surface area contributed by atoms with Crippen molar-refractivity contribution in [3.05, 3.63) is 28.8 Å². The predicted molar refractivity (Wildman–Crippen MR) is 115 cm³/mol. The number of carbonyl (C=O) groups is 4. The van der Waals surface area contributed by atoms with Gasteiger partial charge in [-0.15, -0.1) is 5.10 Å². The average Bonchev–Trinajstić information content (AvgIpc) is 3.26. The SMILES string of the molecule is CC[C@@H](NC(=O)N1CC(=O)NC[C@@H](Cc2cc(Cl)ccc2OC)C1=O)C(=O)Nc1nn[nH]n1. The Morgan fingerprint density at radius 3 is 2.82 bits per heavy atom. The van der Waals surface area contributed by atoms with Gasteiger partial charge in [0.05, 0.1) is 13.0 Å². The molecule has 14 heteroatoms. The number of methoxy groups -OCH3 is 1. The number of nitrogens with zero attached hydrogens (tertiary/aromatic N) is 4. The molecule has 0 unspecified atom stereocenters. The first-order chi connectivity index (χ1) is 15.8. The zero-order valence-electron chi connectivity index (χ0n) is 17.9. The third-order valence-corrected chi connectivity index (χ3v) is 5.25. The van der Waals surface area contributed by atoms with Crippen LogP contribution in [0.1, 0.15) is 18.9 Å². The normalized spacial score (nSPS) is 17.1. The van der Waals surface area contributed by atoms with Gasteiger partial charge in [0.2, 0.25) is 17.7 Å². The van der Waals surface area contributed by atoms with Crippen molar-refractivity contribution in [3.8, 4) is 5.75 Å². The van der Waals surface area contributed by atoms with Crippen LogP contribution in [-0.2, 0) is 20.8 Å². The maximum absolute atomic E-state index is 13.2. The van der Waals surface area contributed by atoms with Crippen molar-refractivity contribution >= 4 is 41.3 Å². The Hall–Kier alpha value is -3.74. The molecule has 1 aromatic heterocycles. The minimum Gasteiger partial charge on any atom is -0.496 e. The summed E-state index contributed by atoms with van der Waals surface area (Å²) >= 11 is 6.08. The van der Waals surface area contributed by atoms with Gasteiger partial charge in [-0.3, -0.25) is 24.6 Å². The standard InChI is InChI=1S/C19H23ClN8O5/c1-3-13(16(30)23-18-24-26-27-25-18)22-19(32)28-9-15(29)21-8-11(17(28)31)6-10-7-12(20)4-5-14(10)33-2/h4-5,7,11,13H,3,6,8-9H2,1-2H3,(H,21,29)(H,22,32)(H2,23,24,25,26,27,30)/t11-,13-/m1/s1. The maximum atomic E-state index is 13.2. The van der Waals surface area contributed by atoms with Crippen LogP contribution in [0.3, 0.4) is 0 Å². The van der Waals surface area contributed by atoms with E-state index < -0.39 is 42.3 Å². The zero-order valence-corrected chi connectivity index (χ0v) is 18.7. The predicted octanol–water partition coefficient (Wildman–Crippen LogP) is 0.106. The first-order valence-corrected chi connectivity index (χ1v) is 10.5. The Morgan fingerprint density at radius 2 is 2.15 bits per heavy atom. The summed E-state index contributed by atoms with van der Waals surface area (Å²) in [5.74, 6) is -1.94. The number of ether oxygens (including phenoxy) is 1. The molecule has 0 radical (unpaired) electrons. The Labute approximate surface area is 193 Å². The van der Waals surface area contributed by atoms with Crippen LogP contribution in [-0.4, -0.2) is 75.5 Å². The second kappa shape index (κ2) is 10.7. The summed E-state index contributed by atoms with van der Waals surface area (Å²) in [5, 5.41) is 20.7. The van der Waals surface area contributed by atoms with Crippen molar-refractivity contribution in [1.29, 1.82) is 0 Å². The first kappa shape index (κ1) is 23.9. The molecule has 4 N–H and O–H groups in total. The number of carbonyl (C=O) groups excluding carboxylic acids is 4. The topological polar surface area (TPSA) is 171 Å². The molecule has 0 aliphatic carbocycles. The summed E-state index contributed by atoms with van der Waals surface area (Å²) in [6, 6.07) is 3.14. The van der Waals surface area contributed by atoms with Crippen molar-refractivity contribution in [2.75, 3.05) is 25.5 Å². The lowest BCUT2D eigenvalue weighted by molar-refractivity contribution is -0.133. The van der Waals surface area contributed by atoms with E-state index in [2.05, 4.69) is 36.6 Å². The fourth-order valence-corrected chi connectivity index (χ4v) is 3.51. The number of aromatic amines is 1. The number of tetrazole rings is 1. The van der Waals surface area contributed by atoms with Crippen LogP contribution >= 0.6 is 11.6 Å². The molecular weight excluding hydrogens is 456 g/mol. The van der Waals surface area contributed by atoms with E-state index in [9.17, 15) is 19.2 Å². The Balaban J connectivity index is 1.74. The first-order valence-electron chi connectivity index (χ1n) is 10.1. The number of H-pyrrole nitrogens is 1. The molecule has 33 heavy (non-hydrogen) atoms. The van der Waals surface area contributed by atoms with E-state index in [4.69, 9.17) is 16.3 Å². The van der Waals surface area contributed by atoms with Crippen LogP contribution in [0.15, 0.2) is 18.2 Å². The van der Waals surface area contributed by atoms with E-state index in [0.29, 0.717) is 16.3 Å². The number of urea groups is 1. The number of aromatic nitrogens is 4. The van der Waals surface area contributed by atoms with Gasteiger partial charge < -0.3 is 15.4 Å². The molecule has 1 aliphatic rings. The zero-order chi connectivity index (χ0) is 24.0. The molecule has 0 saturated carbocycles. The van der Waals surface area contributed by atoms with Crippen molar-refractivity contribution in [1.82, 2.24) is 36.2 Å². The molecule has 5 amide bonds. The lowest BCUT2D eigenvalue weighted by atomic mass is 9.97. The van der Waals surface area contributed by atoms with Crippen molar-refractivity contribution in [2.24, 2.45) is 5.92 Å². The van der Waals surface area contributed by atoms with Crippen molar-refractivity contribution in [2.45, 2.75) is 25.8 Å². The highest BCUT2D eigenvalue weighted by Gasteiger charge is 2.35. The molecule has 1 aliphatic heterocycles. The summed E-state index contributed by atoms with van der Waals surface area (Å²) < 4.78 is 5.33. The molecular formula is C19H23ClN8O5. The monoisotopic (exact) mass is 478 g/mol. The number of anilines is 1. The summed E-state index contributed by atoms with van der Waals surface area (Å²) in [7, 11) is 1.49. The molecule has 13 nitrogen and oxygen atoms in total. The molecule has 2 aromatic rings. The molecule has 1 fully saturated rings. The highest BCUT2D eigenvalue weighted by atomic mass is 35.5. The Morgan fingerprint density at radius 1 is 1.36 bits per heavy atom. The van der Waals surface area contributed by atoms with Gasteiger partial charge in [0.15, 0.2) is 0 Å². The average molecular weight is 479 g/mol. The summed E-state index contributed by atoms with van der Waals surface area (Å²) in [6.07, 6.45) is 0.398. The highest BCUT2D eigenvalue weighted by Crippen LogP contribution is 2.26. The number of halogens is 1. The number of imide groups is 1. The smallest absolute Gasteiger partial charge is 0.325 e. The van der Waals surface area contributed by atoms with Gasteiger partial charge in [-0.05, 0) is 41.8 Å². The minimum atomic E-state index is -0.999. The maximum Gasteiger partial charge on any atom is 0.325 e. The van der Waals surface area contributed by atoms with Gasteiger partial charge >= 0.3 is 6.03 Å². The molecule has 176 valence electrons. The molecule has 0 spiro atoms. The molecule has 0 bridgehead atoms. The second-order valence-electron chi connectivity index (χ2n) is 7.22. The van der Waals surface area contributed by atoms with E-state index in [0.717, 1.165) is 4.90 Å². The minimum absolute atomic E-state index is 0.0344. The number of benzene rings is 1. The van der Waals surface area contributed by atoms with Crippen LogP contribution in [0, 0.1) is 5.92 Å². The molecule has 1 saturated heterocycles. The third kappa shape index (κ3) is 5.94. The van der Waals surface area contributed by atoms with Crippen LogP contribution in [0.5, 0.6) is 5.75 Å². The fraction of sp³-hybridized carbons (Fsp3) is 0.421. The number of rotatable bonds is 7. The quantitative estimate of drug-likeness (QED) is 0.434. The van der Waals surface area contributed by atoms with E-state index >= 15 is 0 Å². The van der Waals surface area contributed by atoms with Gasteiger partial charge in [0, 0.05) is 11.6 Å². The largest absolute Gasteiger partial charge is 0.496 e. The Bertz CT molecular complexity index is 1030. The van der Waals surface area contributed by atoms with E-state index in [1.54, 1.807) is 25.1 Å². The van der Waals surface area contributed by atoms with Crippen LogP contribution < -0.4 is 20.7 Å². The second-order valence-corrected chi connectivity index (χ2v) is 7.66. The summed E-state index contributed by atoms with van der Waals surface area (Å²) in [5.41, 5.74) is 0.658. The van der Waals surface area contributed by atoms with Crippen molar-refractivity contribution in [3.63, 3.8) is 0 Å². The van der Waals surface area contributed by atoms with Gasteiger partial charge in [0.25, 0.3) is 5.95 Å². The van der Waals surface area contributed by atoms with Crippen LogP contribution in [0.2, 0.25) is 5.02 Å². The van der Waals surface area contributed by atoms with Gasteiger partial charge in [-0.1, -0.05) is 23.6 Å². The Kier molecular flexibility index (Phi) is 7.77. The molecule has 3 rings (SSSR count). The molecule has 2 atom stereocenters. The highest BCUT2D eigenvalue weighted by molar-refractivity contribution is 6.30. The van der Waals surface area contributed by atoms with E-state index in [1.165, 1.54) is 7.11 Å². The number of hydrogen-bond acceptors (Lipinski definition) is 8. The van der Waals surface area contributed by atoms with Gasteiger partial charge in [-0.2, -0.15) is 5.21 Å². The van der Waals surface area contributed by atoms with E-state index in [-0.39, 0.29) is 25.3 Å².